The van der Waals surface area contributed by atoms with Crippen LogP contribution in [0.25, 0.3) is 0 Å². The Morgan fingerprint density at radius 3 is 2.56 bits per heavy atom. The maximum Gasteiger partial charge on any atom is 0.309 e. The van der Waals surface area contributed by atoms with Crippen molar-refractivity contribution in [2.24, 2.45) is 9.98 Å². The fraction of sp³-hybridized carbons (Fsp3) is 0.333. The molecule has 0 bridgehead atoms. The molecule has 0 amide bonds. The second-order valence-electron chi connectivity index (χ2n) is 1.31. The second-order valence-corrected chi connectivity index (χ2v) is 2.92. The van der Waals surface area contributed by atoms with Gasteiger partial charge in [0.05, 0.1) is 6.34 Å². The molecular weight excluding hydrogens is 184 g/mol. The minimum atomic E-state index is -1.44. The quantitative estimate of drug-likeness (QED) is 0.449. The van der Waals surface area contributed by atoms with E-state index in [9.17, 15) is 0 Å². The summed E-state index contributed by atoms with van der Waals surface area (Å²) in [6.07, 6.45) is 1.29. The molecule has 0 aromatic heterocycles. The number of halogens is 3. The average molecular weight is 186 g/mol. The summed E-state index contributed by atoms with van der Waals surface area (Å²) >= 11 is 16.2. The third kappa shape index (κ3) is 2.01. The van der Waals surface area contributed by atoms with Gasteiger partial charge in [0, 0.05) is 0 Å². The van der Waals surface area contributed by atoms with E-state index in [-0.39, 0.29) is 5.29 Å². The van der Waals surface area contributed by atoms with Crippen molar-refractivity contribution in [3.05, 3.63) is 0 Å². The Morgan fingerprint density at radius 2 is 2.22 bits per heavy atom. The first-order chi connectivity index (χ1) is 4.10. The van der Waals surface area contributed by atoms with Crippen molar-refractivity contribution in [2.45, 2.75) is 4.58 Å². The molecule has 0 aromatic carbocycles. The molecular formula is C3H2Cl3N3. The highest BCUT2D eigenvalue weighted by Gasteiger charge is 2.23. The minimum absolute atomic E-state index is 0.134. The van der Waals surface area contributed by atoms with Crippen LogP contribution in [0.4, 0.5) is 0 Å². The lowest BCUT2D eigenvalue weighted by atomic mass is 10.9. The first-order valence-corrected chi connectivity index (χ1v) is 3.17. The summed E-state index contributed by atoms with van der Waals surface area (Å²) in [5.41, 5.74) is 0. The molecule has 1 N–H and O–H groups in total. The smallest absolute Gasteiger partial charge is 0.309 e. The number of hydrogen-bond donors (Lipinski definition) is 1. The zero-order chi connectivity index (χ0) is 6.91. The van der Waals surface area contributed by atoms with Gasteiger partial charge in [-0.1, -0.05) is 0 Å². The van der Waals surface area contributed by atoms with Crippen molar-refractivity contribution in [2.75, 3.05) is 0 Å². The average Bonchev–Trinajstić information content (AvgIpc) is 1.60. The molecule has 0 spiro atoms. The molecule has 1 rings (SSSR count). The summed E-state index contributed by atoms with van der Waals surface area (Å²) in [5.74, 6) is 0. The molecule has 3 nitrogen and oxygen atoms in total. The van der Waals surface area contributed by atoms with Crippen molar-refractivity contribution >= 4 is 46.4 Å². The molecule has 0 unspecified atom stereocenters. The largest absolute Gasteiger partial charge is 0.322 e. The summed E-state index contributed by atoms with van der Waals surface area (Å²) in [5, 5.41) is 2.63. The monoisotopic (exact) mass is 185 g/mol. The highest BCUT2D eigenvalue weighted by molar-refractivity contribution is 6.66. The van der Waals surface area contributed by atoms with E-state index in [0.29, 0.717) is 0 Å². The molecule has 0 atom stereocenters. The van der Waals surface area contributed by atoms with Gasteiger partial charge < -0.3 is 5.32 Å². The van der Waals surface area contributed by atoms with Crippen LogP contribution < -0.4 is 5.32 Å². The normalized spacial score (nSPS) is 22.8. The van der Waals surface area contributed by atoms with Crippen molar-refractivity contribution in [1.82, 2.24) is 5.32 Å². The van der Waals surface area contributed by atoms with Gasteiger partial charge in [-0.2, -0.15) is 4.99 Å². The van der Waals surface area contributed by atoms with E-state index in [4.69, 9.17) is 34.8 Å². The number of rotatable bonds is 0. The van der Waals surface area contributed by atoms with E-state index >= 15 is 0 Å². The first-order valence-electron chi connectivity index (χ1n) is 2.03. The van der Waals surface area contributed by atoms with Crippen LogP contribution in [0.3, 0.4) is 0 Å². The Labute approximate surface area is 66.7 Å². The van der Waals surface area contributed by atoms with Gasteiger partial charge in [-0.25, -0.2) is 4.99 Å². The molecule has 50 valence electrons. The zero-order valence-corrected chi connectivity index (χ0v) is 6.37. The van der Waals surface area contributed by atoms with Crippen molar-refractivity contribution in [1.29, 1.82) is 0 Å². The van der Waals surface area contributed by atoms with E-state index in [1.54, 1.807) is 0 Å². The van der Waals surface area contributed by atoms with Crippen LogP contribution in [0, 0.1) is 0 Å². The van der Waals surface area contributed by atoms with E-state index < -0.39 is 4.58 Å². The lowest BCUT2D eigenvalue weighted by Crippen LogP contribution is -2.26. The molecule has 1 aliphatic rings. The van der Waals surface area contributed by atoms with Gasteiger partial charge >= 0.3 is 4.58 Å². The third-order valence-corrected chi connectivity index (χ3v) is 1.19. The van der Waals surface area contributed by atoms with Crippen LogP contribution >= 0.6 is 34.8 Å². The highest BCUT2D eigenvalue weighted by Crippen LogP contribution is 2.25. The zero-order valence-electron chi connectivity index (χ0n) is 4.11. The van der Waals surface area contributed by atoms with Crippen LogP contribution in [-0.4, -0.2) is 16.2 Å². The van der Waals surface area contributed by atoms with Crippen LogP contribution in [-0.2, 0) is 0 Å². The number of nitrogens with zero attached hydrogens (tertiary/aromatic N) is 2. The summed E-state index contributed by atoms with van der Waals surface area (Å²) in [4.78, 5) is 7.05. The topological polar surface area (TPSA) is 36.8 Å². The van der Waals surface area contributed by atoms with E-state index in [0.717, 1.165) is 0 Å². The fourth-order valence-corrected chi connectivity index (χ4v) is 0.867. The molecule has 0 aliphatic carbocycles. The number of amidine groups is 1. The van der Waals surface area contributed by atoms with Gasteiger partial charge in [0.2, 0.25) is 5.29 Å². The standard InChI is InChI=1S/C3H2Cl3N3/c4-2-7-1-8-3(5,6)9-2/h1H,(H,7,8,9). The Bertz CT molecular complexity index is 173. The molecule has 0 saturated carbocycles. The Hall–Kier alpha value is 0.01000. The number of alkyl halides is 2. The number of aliphatic imine (C=N–C) groups is 2. The van der Waals surface area contributed by atoms with E-state index in [1.807, 2.05) is 0 Å². The van der Waals surface area contributed by atoms with Gasteiger partial charge in [-0.3, -0.25) is 0 Å². The fourth-order valence-electron chi connectivity index (χ4n) is 0.342. The summed E-state index contributed by atoms with van der Waals surface area (Å²) in [7, 11) is 0. The maximum absolute atomic E-state index is 5.42. The third-order valence-electron chi connectivity index (χ3n) is 0.636. The lowest BCUT2D eigenvalue weighted by Gasteiger charge is -2.12. The molecule has 0 fully saturated rings. The Morgan fingerprint density at radius 1 is 1.56 bits per heavy atom. The minimum Gasteiger partial charge on any atom is -0.322 e. The van der Waals surface area contributed by atoms with Crippen LogP contribution in [0.5, 0.6) is 0 Å². The van der Waals surface area contributed by atoms with Gasteiger partial charge in [0.1, 0.15) is 0 Å². The predicted molar refractivity (Wildman–Crippen MR) is 39.4 cm³/mol. The molecule has 0 aromatic rings. The molecule has 1 heterocycles. The molecule has 6 heteroatoms. The van der Waals surface area contributed by atoms with Crippen molar-refractivity contribution in [3.63, 3.8) is 0 Å². The molecule has 9 heavy (non-hydrogen) atoms. The SMILES string of the molecule is ClC1=NC(Cl)(Cl)N=CN1. The van der Waals surface area contributed by atoms with E-state index in [1.165, 1.54) is 6.34 Å². The Balaban J connectivity index is 2.78. The summed E-state index contributed by atoms with van der Waals surface area (Å²) in [6, 6.07) is 0. The molecule has 0 radical (unpaired) electrons. The lowest BCUT2D eigenvalue weighted by molar-refractivity contribution is 0.866. The van der Waals surface area contributed by atoms with Crippen LogP contribution in [0.1, 0.15) is 0 Å². The molecule has 0 saturated heterocycles. The maximum atomic E-state index is 5.42. The second kappa shape index (κ2) is 2.33. The predicted octanol–water partition coefficient (Wildman–Crippen LogP) is 1.30. The molecule has 1 aliphatic heterocycles. The highest BCUT2D eigenvalue weighted by atomic mass is 35.5. The summed E-state index contributed by atoms with van der Waals surface area (Å²) in [6.45, 7) is 0. The van der Waals surface area contributed by atoms with Gasteiger partial charge in [-0.05, 0) is 34.8 Å². The summed E-state index contributed by atoms with van der Waals surface area (Å²) < 4.78 is -1.44. The van der Waals surface area contributed by atoms with Crippen molar-refractivity contribution in [3.8, 4) is 0 Å². The van der Waals surface area contributed by atoms with Crippen LogP contribution in [0.2, 0.25) is 0 Å². The van der Waals surface area contributed by atoms with Gasteiger partial charge in [0.15, 0.2) is 0 Å². The Kier molecular flexibility index (Phi) is 1.84. The number of nitrogens with one attached hydrogen (secondary N) is 1. The first kappa shape index (κ1) is 7.12. The van der Waals surface area contributed by atoms with Gasteiger partial charge in [-0.15, -0.1) is 0 Å². The number of hydrogen-bond acceptors (Lipinski definition) is 3. The van der Waals surface area contributed by atoms with Gasteiger partial charge in [0.25, 0.3) is 0 Å². The van der Waals surface area contributed by atoms with Crippen molar-refractivity contribution < 1.29 is 0 Å². The van der Waals surface area contributed by atoms with E-state index in [2.05, 4.69) is 15.3 Å². The van der Waals surface area contributed by atoms with Crippen LogP contribution in [0.15, 0.2) is 9.98 Å².